The van der Waals surface area contributed by atoms with E-state index in [1.807, 2.05) is 18.2 Å². The summed E-state index contributed by atoms with van der Waals surface area (Å²) < 4.78 is 13.5. The first-order chi connectivity index (χ1) is 11.7. The van der Waals surface area contributed by atoms with Crippen LogP contribution in [0, 0.1) is 24.2 Å². The van der Waals surface area contributed by atoms with Crippen LogP contribution in [0.2, 0.25) is 0 Å². The Kier molecular flexibility index (Phi) is 5.02. The summed E-state index contributed by atoms with van der Waals surface area (Å²) in [5.74, 6) is 0.116. The molecule has 2 heterocycles. The number of nitrogens with zero attached hydrogens (tertiary/aromatic N) is 4. The van der Waals surface area contributed by atoms with Gasteiger partial charge in [0.1, 0.15) is 12.1 Å². The molecule has 0 bridgehead atoms. The fraction of sp³-hybridized carbons (Fsp3) is 0.389. The fourth-order valence-corrected chi connectivity index (χ4v) is 3.00. The Bertz CT molecular complexity index is 747. The molecule has 1 saturated heterocycles. The molecule has 0 unspecified atom stereocenters. The summed E-state index contributed by atoms with van der Waals surface area (Å²) >= 11 is 0. The van der Waals surface area contributed by atoms with Crippen molar-refractivity contribution in [2.75, 3.05) is 18.4 Å². The molecule has 1 fully saturated rings. The van der Waals surface area contributed by atoms with Gasteiger partial charge in [-0.1, -0.05) is 12.1 Å². The minimum atomic E-state index is -0.470. The third-order valence-electron chi connectivity index (χ3n) is 4.41. The summed E-state index contributed by atoms with van der Waals surface area (Å²) in [5, 5.41) is 12.3. The van der Waals surface area contributed by atoms with Gasteiger partial charge in [-0.25, -0.2) is 9.97 Å². The van der Waals surface area contributed by atoms with Gasteiger partial charge in [0.05, 0.1) is 11.6 Å². The molecule has 0 atom stereocenters. The van der Waals surface area contributed by atoms with Crippen LogP contribution in [0.25, 0.3) is 0 Å². The highest BCUT2D eigenvalue weighted by molar-refractivity contribution is 5.42. The van der Waals surface area contributed by atoms with Crippen LogP contribution in [0.4, 0.5) is 10.2 Å². The van der Waals surface area contributed by atoms with Gasteiger partial charge in [0.2, 0.25) is 5.95 Å². The number of benzene rings is 1. The first kappa shape index (κ1) is 16.3. The molecule has 1 aliphatic heterocycles. The molecule has 0 amide bonds. The molecule has 2 aromatic rings. The average Bonchev–Trinajstić information content (AvgIpc) is 2.61. The van der Waals surface area contributed by atoms with Crippen molar-refractivity contribution in [3.8, 4) is 6.07 Å². The molecule has 24 heavy (non-hydrogen) atoms. The van der Waals surface area contributed by atoms with E-state index in [0.29, 0.717) is 23.0 Å². The van der Waals surface area contributed by atoms with Crippen molar-refractivity contribution in [2.45, 2.75) is 32.4 Å². The van der Waals surface area contributed by atoms with Crippen molar-refractivity contribution in [1.29, 1.82) is 5.26 Å². The lowest BCUT2D eigenvalue weighted by Gasteiger charge is -2.32. The maximum absolute atomic E-state index is 13.5. The predicted octanol–water partition coefficient (Wildman–Crippen LogP) is 2.87. The Labute approximate surface area is 141 Å². The maximum atomic E-state index is 13.5. The van der Waals surface area contributed by atoms with Crippen molar-refractivity contribution in [2.24, 2.45) is 0 Å². The number of hydrogen-bond donors (Lipinski definition) is 1. The third-order valence-corrected chi connectivity index (χ3v) is 4.41. The van der Waals surface area contributed by atoms with Crippen LogP contribution in [0.15, 0.2) is 30.6 Å². The number of nitrogens with one attached hydrogen (secondary N) is 1. The van der Waals surface area contributed by atoms with Gasteiger partial charge >= 0.3 is 0 Å². The highest BCUT2D eigenvalue weighted by Crippen LogP contribution is 2.20. The number of aromatic nitrogens is 2. The lowest BCUT2D eigenvalue weighted by atomic mass is 10.0. The summed E-state index contributed by atoms with van der Waals surface area (Å²) in [7, 11) is 0. The lowest BCUT2D eigenvalue weighted by molar-refractivity contribution is 0.211. The summed E-state index contributed by atoms with van der Waals surface area (Å²) in [6.45, 7) is 4.46. The molecule has 124 valence electrons. The van der Waals surface area contributed by atoms with E-state index in [1.54, 1.807) is 6.92 Å². The number of likely N-dealkylation sites (tertiary alicyclic amines) is 1. The SMILES string of the molecule is Cc1c(F)ncnc1NC1CCN(Cc2cccc(C#N)c2)CC1. The minimum Gasteiger partial charge on any atom is -0.367 e. The fourth-order valence-electron chi connectivity index (χ4n) is 3.00. The number of nitriles is 1. The van der Waals surface area contributed by atoms with Gasteiger partial charge in [0.15, 0.2) is 0 Å². The molecule has 0 saturated carbocycles. The van der Waals surface area contributed by atoms with Crippen molar-refractivity contribution in [3.05, 3.63) is 53.2 Å². The Hall–Kier alpha value is -2.52. The van der Waals surface area contributed by atoms with Crippen LogP contribution >= 0.6 is 0 Å². The predicted molar refractivity (Wildman–Crippen MR) is 89.8 cm³/mol. The van der Waals surface area contributed by atoms with Gasteiger partial charge in [-0.2, -0.15) is 9.65 Å². The Morgan fingerprint density at radius 3 is 2.88 bits per heavy atom. The zero-order valence-electron chi connectivity index (χ0n) is 13.7. The Balaban J connectivity index is 1.54. The van der Waals surface area contributed by atoms with Crippen LogP contribution in [0.1, 0.15) is 29.5 Å². The number of anilines is 1. The summed E-state index contributed by atoms with van der Waals surface area (Å²) in [6.07, 6.45) is 3.20. The largest absolute Gasteiger partial charge is 0.367 e. The molecule has 3 rings (SSSR count). The molecule has 1 aliphatic rings. The maximum Gasteiger partial charge on any atom is 0.220 e. The molecular weight excluding hydrogens is 305 g/mol. The summed E-state index contributed by atoms with van der Waals surface area (Å²) in [4.78, 5) is 10.1. The zero-order valence-corrected chi connectivity index (χ0v) is 13.7. The second-order valence-corrected chi connectivity index (χ2v) is 6.15. The van der Waals surface area contributed by atoms with Crippen LogP contribution in [0.5, 0.6) is 0 Å². The second-order valence-electron chi connectivity index (χ2n) is 6.15. The number of hydrogen-bond acceptors (Lipinski definition) is 5. The molecule has 0 radical (unpaired) electrons. The molecule has 0 spiro atoms. The van der Waals surface area contributed by atoms with Crippen molar-refractivity contribution >= 4 is 5.82 Å². The highest BCUT2D eigenvalue weighted by atomic mass is 19.1. The topological polar surface area (TPSA) is 64.8 Å². The minimum absolute atomic E-state index is 0.291. The van der Waals surface area contributed by atoms with Gasteiger partial charge in [0.25, 0.3) is 0 Å². The third kappa shape index (κ3) is 3.87. The molecule has 1 aromatic heterocycles. The molecule has 1 N–H and O–H groups in total. The van der Waals surface area contributed by atoms with Crippen LogP contribution < -0.4 is 5.32 Å². The summed E-state index contributed by atoms with van der Waals surface area (Å²) in [5.41, 5.74) is 2.33. The number of piperidine rings is 1. The van der Waals surface area contributed by atoms with E-state index in [0.717, 1.165) is 38.0 Å². The van der Waals surface area contributed by atoms with Crippen molar-refractivity contribution in [1.82, 2.24) is 14.9 Å². The van der Waals surface area contributed by atoms with E-state index in [4.69, 9.17) is 5.26 Å². The number of rotatable bonds is 4. The van der Waals surface area contributed by atoms with E-state index in [-0.39, 0.29) is 0 Å². The van der Waals surface area contributed by atoms with Gasteiger partial charge in [0, 0.05) is 31.2 Å². The number of halogens is 1. The second kappa shape index (κ2) is 7.37. The molecular formula is C18H20FN5. The zero-order chi connectivity index (χ0) is 16.9. The normalized spacial score (nSPS) is 15.9. The van der Waals surface area contributed by atoms with Gasteiger partial charge in [-0.3, -0.25) is 4.90 Å². The monoisotopic (exact) mass is 325 g/mol. The van der Waals surface area contributed by atoms with Gasteiger partial charge in [-0.05, 0) is 37.5 Å². The lowest BCUT2D eigenvalue weighted by Crippen LogP contribution is -2.39. The van der Waals surface area contributed by atoms with Gasteiger partial charge in [-0.15, -0.1) is 0 Å². The standard InChI is InChI=1S/C18H20FN5/c1-13-17(19)21-12-22-18(13)23-16-5-7-24(8-6-16)11-15-4-2-3-14(9-15)10-20/h2-4,9,12,16H,5-8,11H2,1H3,(H,21,22,23). The quantitative estimate of drug-likeness (QED) is 0.876. The van der Waals surface area contributed by atoms with Gasteiger partial charge < -0.3 is 5.32 Å². The molecule has 5 nitrogen and oxygen atoms in total. The summed E-state index contributed by atoms with van der Waals surface area (Å²) in [6, 6.07) is 10.2. The van der Waals surface area contributed by atoms with E-state index >= 15 is 0 Å². The van der Waals surface area contributed by atoms with E-state index in [1.165, 1.54) is 6.33 Å². The first-order valence-electron chi connectivity index (χ1n) is 8.10. The van der Waals surface area contributed by atoms with Crippen LogP contribution in [-0.2, 0) is 6.54 Å². The molecule has 1 aromatic carbocycles. The van der Waals surface area contributed by atoms with E-state index < -0.39 is 5.95 Å². The molecule has 0 aliphatic carbocycles. The Morgan fingerprint density at radius 2 is 2.12 bits per heavy atom. The van der Waals surface area contributed by atoms with Crippen molar-refractivity contribution < 1.29 is 4.39 Å². The molecule has 6 heteroatoms. The first-order valence-corrected chi connectivity index (χ1v) is 8.10. The van der Waals surface area contributed by atoms with E-state index in [2.05, 4.69) is 32.3 Å². The highest BCUT2D eigenvalue weighted by Gasteiger charge is 2.20. The smallest absolute Gasteiger partial charge is 0.220 e. The van der Waals surface area contributed by atoms with E-state index in [9.17, 15) is 4.39 Å². The van der Waals surface area contributed by atoms with Crippen molar-refractivity contribution in [3.63, 3.8) is 0 Å². The van der Waals surface area contributed by atoms with Crippen LogP contribution in [0.3, 0.4) is 0 Å². The average molecular weight is 325 g/mol. The van der Waals surface area contributed by atoms with Crippen LogP contribution in [-0.4, -0.2) is 34.0 Å². The Morgan fingerprint density at radius 1 is 1.33 bits per heavy atom.